The number of benzene rings is 2. The third-order valence-electron chi connectivity index (χ3n) is 4.33. The highest BCUT2D eigenvalue weighted by atomic mass is 16.1. The number of ketones is 1. The Morgan fingerprint density at radius 2 is 1.80 bits per heavy atom. The second-order valence-electron chi connectivity index (χ2n) is 6.92. The number of amides is 1. The van der Waals surface area contributed by atoms with Crippen LogP contribution in [0.5, 0.6) is 0 Å². The fraction of sp³-hybridized carbons (Fsp3) is 0.238. The summed E-state index contributed by atoms with van der Waals surface area (Å²) in [5, 5.41) is 6.08. The van der Waals surface area contributed by atoms with Gasteiger partial charge in [0.25, 0.3) is 5.91 Å². The molecule has 1 heterocycles. The first kappa shape index (κ1) is 17.0. The number of nitrogens with one attached hydrogen (secondary N) is 2. The van der Waals surface area contributed by atoms with Gasteiger partial charge in [-0.25, -0.2) is 0 Å². The largest absolute Gasteiger partial charge is 0.379 e. The average Bonchev–Trinajstić information content (AvgIpc) is 2.60. The highest BCUT2D eigenvalue weighted by Gasteiger charge is 2.28. The van der Waals surface area contributed by atoms with Crippen molar-refractivity contribution in [3.63, 3.8) is 0 Å². The van der Waals surface area contributed by atoms with E-state index in [0.29, 0.717) is 11.1 Å². The predicted molar refractivity (Wildman–Crippen MR) is 99.5 cm³/mol. The molecule has 0 radical (unpaired) electrons. The molecule has 0 fully saturated rings. The summed E-state index contributed by atoms with van der Waals surface area (Å²) in [5.41, 5.74) is 3.86. The average molecular weight is 334 g/mol. The van der Waals surface area contributed by atoms with E-state index < -0.39 is 0 Å². The zero-order valence-corrected chi connectivity index (χ0v) is 14.7. The lowest BCUT2D eigenvalue weighted by Gasteiger charge is -2.35. The number of fused-ring (bicyclic) bond motifs is 1. The van der Waals surface area contributed by atoms with Crippen LogP contribution >= 0.6 is 0 Å². The summed E-state index contributed by atoms with van der Waals surface area (Å²) in [6, 6.07) is 14.8. The van der Waals surface area contributed by atoms with Crippen molar-refractivity contribution in [2.45, 2.75) is 25.8 Å². The Morgan fingerprint density at radius 3 is 2.48 bits per heavy atom. The fourth-order valence-corrected chi connectivity index (χ4v) is 3.15. The van der Waals surface area contributed by atoms with Crippen LogP contribution in [0.1, 0.15) is 45.7 Å². The number of carbonyl (C=O) groups excluding carboxylic acids is 2. The van der Waals surface area contributed by atoms with Crippen molar-refractivity contribution >= 4 is 17.4 Å². The Morgan fingerprint density at radius 1 is 1.08 bits per heavy atom. The molecule has 0 bridgehead atoms. The van der Waals surface area contributed by atoms with E-state index in [-0.39, 0.29) is 17.2 Å². The van der Waals surface area contributed by atoms with Gasteiger partial charge in [0, 0.05) is 41.1 Å². The van der Waals surface area contributed by atoms with Gasteiger partial charge in [-0.2, -0.15) is 0 Å². The SMILES string of the molecule is CNC(=O)c1ccc2c(c1)/C(=C/C(=O)c1ccccc1)NC(C)(C)C2. The standard InChI is InChI=1S/C21H22N2O2/c1-21(2)13-16-10-9-15(20(25)22-3)11-17(16)18(23-21)12-19(24)14-7-5-4-6-8-14/h4-12,23H,13H2,1-3H3,(H,22,25)/b18-12-. The molecule has 2 aromatic carbocycles. The molecule has 1 amide bonds. The lowest BCUT2D eigenvalue weighted by atomic mass is 9.84. The maximum atomic E-state index is 12.6. The smallest absolute Gasteiger partial charge is 0.251 e. The second-order valence-corrected chi connectivity index (χ2v) is 6.92. The van der Waals surface area contributed by atoms with Gasteiger partial charge >= 0.3 is 0 Å². The first-order chi connectivity index (χ1) is 11.9. The van der Waals surface area contributed by atoms with Gasteiger partial charge in [0.1, 0.15) is 0 Å². The molecule has 1 aliphatic heterocycles. The first-order valence-electron chi connectivity index (χ1n) is 8.34. The van der Waals surface area contributed by atoms with Crippen LogP contribution in [0.25, 0.3) is 5.70 Å². The Bertz CT molecular complexity index is 851. The van der Waals surface area contributed by atoms with Gasteiger partial charge in [0.05, 0.1) is 0 Å². The van der Waals surface area contributed by atoms with Crippen molar-refractivity contribution in [2.24, 2.45) is 0 Å². The van der Waals surface area contributed by atoms with Crippen LogP contribution in [0.15, 0.2) is 54.6 Å². The fourth-order valence-electron chi connectivity index (χ4n) is 3.15. The van der Waals surface area contributed by atoms with E-state index in [1.54, 1.807) is 25.3 Å². The molecule has 1 aliphatic rings. The van der Waals surface area contributed by atoms with Gasteiger partial charge in [-0.1, -0.05) is 36.4 Å². The predicted octanol–water partition coefficient (Wildman–Crippen LogP) is 3.19. The number of rotatable bonds is 3. The second kappa shape index (κ2) is 6.55. The summed E-state index contributed by atoms with van der Waals surface area (Å²) in [6.45, 7) is 4.20. The molecule has 0 aromatic heterocycles. The lowest BCUT2D eigenvalue weighted by molar-refractivity contribution is 0.0962. The van der Waals surface area contributed by atoms with Crippen LogP contribution in [-0.4, -0.2) is 24.3 Å². The number of allylic oxidation sites excluding steroid dienone is 1. The summed E-state index contributed by atoms with van der Waals surface area (Å²) in [7, 11) is 1.61. The van der Waals surface area contributed by atoms with Gasteiger partial charge < -0.3 is 10.6 Å². The zero-order valence-electron chi connectivity index (χ0n) is 14.7. The molecule has 4 heteroatoms. The van der Waals surface area contributed by atoms with Crippen molar-refractivity contribution < 1.29 is 9.59 Å². The quantitative estimate of drug-likeness (QED) is 0.669. The van der Waals surface area contributed by atoms with Crippen LogP contribution in [-0.2, 0) is 6.42 Å². The summed E-state index contributed by atoms with van der Waals surface area (Å²) < 4.78 is 0. The molecular formula is C21H22N2O2. The number of carbonyl (C=O) groups is 2. The van der Waals surface area contributed by atoms with Crippen LogP contribution in [0.4, 0.5) is 0 Å². The summed E-state index contributed by atoms with van der Waals surface area (Å²) in [5.74, 6) is -0.196. The molecule has 0 unspecified atom stereocenters. The Balaban J connectivity index is 2.06. The van der Waals surface area contributed by atoms with Crippen molar-refractivity contribution in [3.05, 3.63) is 76.9 Å². The molecule has 0 saturated heterocycles. The summed E-state index contributed by atoms with van der Waals surface area (Å²) in [6.07, 6.45) is 2.45. The minimum Gasteiger partial charge on any atom is -0.379 e. The molecule has 0 saturated carbocycles. The zero-order chi connectivity index (χ0) is 18.0. The van der Waals surface area contributed by atoms with Gasteiger partial charge in [-0.05, 0) is 38.0 Å². The lowest BCUT2D eigenvalue weighted by Crippen LogP contribution is -2.44. The maximum absolute atomic E-state index is 12.6. The van der Waals surface area contributed by atoms with Gasteiger partial charge in [-0.15, -0.1) is 0 Å². The Kier molecular flexibility index (Phi) is 4.45. The first-order valence-corrected chi connectivity index (χ1v) is 8.34. The van der Waals surface area contributed by atoms with Crippen LogP contribution < -0.4 is 10.6 Å². The number of hydrogen-bond donors (Lipinski definition) is 2. The van der Waals surface area contributed by atoms with Crippen molar-refractivity contribution in [2.75, 3.05) is 7.05 Å². The normalized spacial score (nSPS) is 16.7. The molecule has 2 N–H and O–H groups in total. The molecular weight excluding hydrogens is 312 g/mol. The van der Waals surface area contributed by atoms with E-state index in [1.807, 2.05) is 36.4 Å². The van der Waals surface area contributed by atoms with Crippen LogP contribution in [0.3, 0.4) is 0 Å². The van der Waals surface area contributed by atoms with Gasteiger partial charge in [0.2, 0.25) is 0 Å². The third-order valence-corrected chi connectivity index (χ3v) is 4.33. The summed E-state index contributed by atoms with van der Waals surface area (Å²) in [4.78, 5) is 24.6. The molecule has 0 spiro atoms. The van der Waals surface area contributed by atoms with E-state index in [9.17, 15) is 9.59 Å². The molecule has 0 atom stereocenters. The molecule has 4 nitrogen and oxygen atoms in total. The molecule has 2 aromatic rings. The van der Waals surface area contributed by atoms with E-state index in [1.165, 1.54) is 0 Å². The highest BCUT2D eigenvalue weighted by molar-refractivity contribution is 6.08. The molecule has 3 rings (SSSR count). The monoisotopic (exact) mass is 334 g/mol. The summed E-state index contributed by atoms with van der Waals surface area (Å²) >= 11 is 0. The van der Waals surface area contributed by atoms with Gasteiger partial charge in [-0.3, -0.25) is 9.59 Å². The van der Waals surface area contributed by atoms with E-state index in [4.69, 9.17) is 0 Å². The van der Waals surface area contributed by atoms with Crippen LogP contribution in [0.2, 0.25) is 0 Å². The van der Waals surface area contributed by atoms with Crippen molar-refractivity contribution in [1.29, 1.82) is 0 Å². The molecule has 25 heavy (non-hydrogen) atoms. The minimum absolute atomic E-state index is 0.0582. The minimum atomic E-state index is -0.162. The van der Waals surface area contributed by atoms with E-state index in [2.05, 4.69) is 24.5 Å². The van der Waals surface area contributed by atoms with E-state index in [0.717, 1.165) is 23.2 Å². The highest BCUT2D eigenvalue weighted by Crippen LogP contribution is 2.30. The van der Waals surface area contributed by atoms with E-state index >= 15 is 0 Å². The topological polar surface area (TPSA) is 58.2 Å². The van der Waals surface area contributed by atoms with Crippen molar-refractivity contribution in [1.82, 2.24) is 10.6 Å². The van der Waals surface area contributed by atoms with Gasteiger partial charge in [0.15, 0.2) is 5.78 Å². The van der Waals surface area contributed by atoms with Crippen molar-refractivity contribution in [3.8, 4) is 0 Å². The third kappa shape index (κ3) is 3.63. The van der Waals surface area contributed by atoms with Crippen LogP contribution in [0, 0.1) is 0 Å². The maximum Gasteiger partial charge on any atom is 0.251 e. The Labute approximate surface area is 148 Å². The number of hydrogen-bond acceptors (Lipinski definition) is 3. The molecule has 128 valence electrons. The Hall–Kier alpha value is -2.88. The molecule has 0 aliphatic carbocycles.